The predicted octanol–water partition coefficient (Wildman–Crippen LogP) is 0.820. The van der Waals surface area contributed by atoms with Crippen LogP contribution in [0.15, 0.2) is 24.3 Å². The van der Waals surface area contributed by atoms with E-state index >= 15 is 0 Å². The fourth-order valence-electron chi connectivity index (χ4n) is 2.14. The average molecular weight is 292 g/mol. The van der Waals surface area contributed by atoms with Gasteiger partial charge in [-0.15, -0.1) is 0 Å². The highest BCUT2D eigenvalue weighted by atomic mass is 16.2. The number of hydrogen-bond acceptors (Lipinski definition) is 3. The minimum absolute atomic E-state index is 0.104. The van der Waals surface area contributed by atoms with Crippen LogP contribution in [-0.4, -0.2) is 32.1 Å². The number of carbonyl (C=O) groups excluding carboxylic acids is 2. The van der Waals surface area contributed by atoms with Crippen molar-refractivity contribution in [2.75, 3.05) is 20.1 Å². The normalized spacial score (nSPS) is 11.7. The lowest BCUT2D eigenvalue weighted by atomic mass is 9.98. The van der Waals surface area contributed by atoms with Gasteiger partial charge in [-0.05, 0) is 38.1 Å². The summed E-state index contributed by atoms with van der Waals surface area (Å²) < 4.78 is 0. The molecule has 0 saturated carbocycles. The maximum atomic E-state index is 12.0. The van der Waals surface area contributed by atoms with Gasteiger partial charge in [0.05, 0.1) is 12.5 Å². The van der Waals surface area contributed by atoms with Gasteiger partial charge in [0, 0.05) is 6.54 Å². The molecule has 1 aromatic carbocycles. The smallest absolute Gasteiger partial charge is 0.312 e. The van der Waals surface area contributed by atoms with Gasteiger partial charge in [0.2, 0.25) is 5.91 Å². The molecule has 5 N–H and O–H groups in total. The third-order valence-corrected chi connectivity index (χ3v) is 3.20. The molecule has 0 radical (unpaired) electrons. The second kappa shape index (κ2) is 8.97. The average Bonchev–Trinajstić information content (AvgIpc) is 2.43. The number of hydrogen-bond donors (Lipinski definition) is 4. The maximum Gasteiger partial charge on any atom is 0.312 e. The largest absolute Gasteiger partial charge is 0.356 e. The Morgan fingerprint density at radius 3 is 2.57 bits per heavy atom. The molecule has 0 fully saturated rings. The molecule has 0 spiro atoms. The lowest BCUT2D eigenvalue weighted by Gasteiger charge is -2.19. The minimum Gasteiger partial charge on any atom is -0.356 e. The number of urea groups is 1. The molecule has 1 rings (SSSR count). The molecular formula is C15H24N4O2. The number of amides is 3. The Morgan fingerprint density at radius 2 is 1.95 bits per heavy atom. The van der Waals surface area contributed by atoms with Crippen molar-refractivity contribution in [1.82, 2.24) is 16.0 Å². The molecule has 1 unspecified atom stereocenters. The first kappa shape index (κ1) is 17.0. The van der Waals surface area contributed by atoms with Crippen LogP contribution < -0.4 is 21.7 Å². The third-order valence-electron chi connectivity index (χ3n) is 3.20. The summed E-state index contributed by atoms with van der Waals surface area (Å²) in [6, 6.07) is 6.58. The molecule has 116 valence electrons. The summed E-state index contributed by atoms with van der Waals surface area (Å²) in [4.78, 5) is 23.1. The third kappa shape index (κ3) is 6.27. The molecular weight excluding hydrogens is 268 g/mol. The molecule has 0 aliphatic carbocycles. The van der Waals surface area contributed by atoms with Gasteiger partial charge in [-0.25, -0.2) is 4.79 Å². The van der Waals surface area contributed by atoms with E-state index in [0.717, 1.165) is 24.1 Å². The lowest BCUT2D eigenvalue weighted by molar-refractivity contribution is -0.121. The van der Waals surface area contributed by atoms with E-state index in [1.165, 1.54) is 0 Å². The van der Waals surface area contributed by atoms with Crippen LogP contribution in [0.25, 0.3) is 0 Å². The van der Waals surface area contributed by atoms with Crippen molar-refractivity contribution in [2.24, 2.45) is 5.73 Å². The number of rotatable bonds is 8. The number of aryl methyl sites for hydroxylation is 1. The van der Waals surface area contributed by atoms with Crippen LogP contribution in [0.4, 0.5) is 4.79 Å². The number of benzene rings is 1. The minimum atomic E-state index is -0.633. The highest BCUT2D eigenvalue weighted by Crippen LogP contribution is 2.20. The van der Waals surface area contributed by atoms with Crippen molar-refractivity contribution >= 4 is 11.9 Å². The molecule has 0 aromatic heterocycles. The quantitative estimate of drug-likeness (QED) is 0.534. The summed E-state index contributed by atoms with van der Waals surface area (Å²) in [5.41, 5.74) is 7.12. The zero-order chi connectivity index (χ0) is 15.7. The Balaban J connectivity index is 2.64. The van der Waals surface area contributed by atoms with Crippen molar-refractivity contribution < 1.29 is 9.59 Å². The van der Waals surface area contributed by atoms with Gasteiger partial charge < -0.3 is 21.7 Å². The van der Waals surface area contributed by atoms with Crippen LogP contribution in [0.1, 0.15) is 30.0 Å². The van der Waals surface area contributed by atoms with E-state index in [4.69, 9.17) is 5.73 Å². The molecule has 1 atom stereocenters. The first-order chi connectivity index (χ1) is 10.0. The molecule has 21 heavy (non-hydrogen) atoms. The van der Waals surface area contributed by atoms with Crippen LogP contribution in [0.5, 0.6) is 0 Å². The molecule has 0 heterocycles. The second-order valence-corrected chi connectivity index (χ2v) is 4.93. The van der Waals surface area contributed by atoms with E-state index in [0.29, 0.717) is 6.54 Å². The molecule has 0 saturated heterocycles. The zero-order valence-corrected chi connectivity index (χ0v) is 12.6. The Bertz CT molecular complexity index is 476. The van der Waals surface area contributed by atoms with Crippen molar-refractivity contribution in [3.05, 3.63) is 35.4 Å². The van der Waals surface area contributed by atoms with Gasteiger partial charge in [0.1, 0.15) is 0 Å². The summed E-state index contributed by atoms with van der Waals surface area (Å²) in [6.45, 7) is 3.40. The zero-order valence-electron chi connectivity index (χ0n) is 12.6. The SMILES string of the molecule is CNCCCNC(=O)CC(NC(N)=O)c1ccccc1C. The Hall–Kier alpha value is -2.08. The van der Waals surface area contributed by atoms with Crippen LogP contribution >= 0.6 is 0 Å². The first-order valence-electron chi connectivity index (χ1n) is 7.07. The fourth-order valence-corrected chi connectivity index (χ4v) is 2.14. The van der Waals surface area contributed by atoms with Gasteiger partial charge in [0.25, 0.3) is 0 Å². The highest BCUT2D eigenvalue weighted by molar-refractivity contribution is 5.78. The van der Waals surface area contributed by atoms with Gasteiger partial charge in [-0.2, -0.15) is 0 Å². The Kier molecular flexibility index (Phi) is 7.25. The molecule has 0 aliphatic rings. The number of primary amides is 1. The predicted molar refractivity (Wildman–Crippen MR) is 82.8 cm³/mol. The monoisotopic (exact) mass is 292 g/mol. The van der Waals surface area contributed by atoms with E-state index < -0.39 is 12.1 Å². The van der Waals surface area contributed by atoms with Gasteiger partial charge in [0.15, 0.2) is 0 Å². The summed E-state index contributed by atoms with van der Waals surface area (Å²) in [5.74, 6) is -0.104. The number of nitrogens with two attached hydrogens (primary N) is 1. The van der Waals surface area contributed by atoms with Crippen molar-refractivity contribution in [3.63, 3.8) is 0 Å². The van der Waals surface area contributed by atoms with Crippen LogP contribution in [0.3, 0.4) is 0 Å². The topological polar surface area (TPSA) is 96.2 Å². The van der Waals surface area contributed by atoms with Crippen LogP contribution in [-0.2, 0) is 4.79 Å². The van der Waals surface area contributed by atoms with Gasteiger partial charge in [-0.3, -0.25) is 4.79 Å². The van der Waals surface area contributed by atoms with Crippen molar-refractivity contribution in [2.45, 2.75) is 25.8 Å². The molecule has 6 heteroatoms. The van der Waals surface area contributed by atoms with E-state index in [1.807, 2.05) is 38.2 Å². The molecule has 6 nitrogen and oxygen atoms in total. The fraction of sp³-hybridized carbons (Fsp3) is 0.467. The highest BCUT2D eigenvalue weighted by Gasteiger charge is 2.18. The van der Waals surface area contributed by atoms with E-state index in [2.05, 4.69) is 16.0 Å². The molecule has 3 amide bonds. The van der Waals surface area contributed by atoms with Crippen LogP contribution in [0, 0.1) is 6.92 Å². The maximum absolute atomic E-state index is 12.0. The summed E-state index contributed by atoms with van der Waals surface area (Å²) in [6.07, 6.45) is 1.04. The van der Waals surface area contributed by atoms with Gasteiger partial charge in [-0.1, -0.05) is 24.3 Å². The van der Waals surface area contributed by atoms with E-state index in [-0.39, 0.29) is 12.3 Å². The molecule has 1 aromatic rings. The number of carbonyl (C=O) groups is 2. The Morgan fingerprint density at radius 1 is 1.24 bits per heavy atom. The molecule has 0 aliphatic heterocycles. The summed E-state index contributed by atoms with van der Waals surface area (Å²) >= 11 is 0. The molecule has 0 bridgehead atoms. The van der Waals surface area contributed by atoms with Crippen molar-refractivity contribution in [3.8, 4) is 0 Å². The van der Waals surface area contributed by atoms with E-state index in [1.54, 1.807) is 0 Å². The number of nitrogens with one attached hydrogen (secondary N) is 3. The standard InChI is InChI=1S/C15H24N4O2/c1-11-6-3-4-7-12(11)13(19-15(16)21)10-14(20)18-9-5-8-17-2/h3-4,6-7,13,17H,5,8-10H2,1-2H3,(H,18,20)(H3,16,19,21). The lowest BCUT2D eigenvalue weighted by Crippen LogP contribution is -2.37. The van der Waals surface area contributed by atoms with E-state index in [9.17, 15) is 9.59 Å². The van der Waals surface area contributed by atoms with Gasteiger partial charge >= 0.3 is 6.03 Å². The Labute approximate surface area is 125 Å². The first-order valence-corrected chi connectivity index (χ1v) is 7.07. The summed E-state index contributed by atoms with van der Waals surface area (Å²) in [5, 5.41) is 8.49. The second-order valence-electron chi connectivity index (χ2n) is 4.93. The van der Waals surface area contributed by atoms with Crippen LogP contribution in [0.2, 0.25) is 0 Å². The summed E-state index contributed by atoms with van der Waals surface area (Å²) in [7, 11) is 1.87. The van der Waals surface area contributed by atoms with Crippen molar-refractivity contribution in [1.29, 1.82) is 0 Å².